The fraction of sp³-hybridized carbons (Fsp3) is 0.389. The highest BCUT2D eigenvalue weighted by molar-refractivity contribution is 7.92. The van der Waals surface area contributed by atoms with Gasteiger partial charge < -0.3 is 9.84 Å². The van der Waals surface area contributed by atoms with Crippen molar-refractivity contribution in [3.63, 3.8) is 0 Å². The third kappa shape index (κ3) is 4.93. The number of nitrogens with zero attached hydrogens (tertiary/aromatic N) is 1. The third-order valence-electron chi connectivity index (χ3n) is 4.37. The van der Waals surface area contributed by atoms with Crippen molar-refractivity contribution in [3.05, 3.63) is 53.9 Å². The van der Waals surface area contributed by atoms with Gasteiger partial charge in [-0.05, 0) is 55.0 Å². The second-order valence-corrected chi connectivity index (χ2v) is 8.16. The van der Waals surface area contributed by atoms with Crippen molar-refractivity contribution in [1.29, 1.82) is 0 Å². The van der Waals surface area contributed by atoms with Crippen LogP contribution in [0, 0.1) is 0 Å². The fourth-order valence-electron chi connectivity index (χ4n) is 3.22. The molecule has 1 fully saturated rings. The van der Waals surface area contributed by atoms with Gasteiger partial charge in [-0.3, -0.25) is 9.71 Å². The second kappa shape index (κ2) is 7.41. The molecule has 0 radical (unpaired) electrons. The molecule has 2 aromatic rings. The molecule has 1 saturated carbocycles. The predicted octanol–water partition coefficient (Wildman–Crippen LogP) is 3.01. The Bertz CT molecular complexity index is 838. The van der Waals surface area contributed by atoms with Crippen LogP contribution in [0.1, 0.15) is 36.4 Å². The van der Waals surface area contributed by atoms with E-state index >= 15 is 0 Å². The molecule has 2 N–H and O–H groups in total. The van der Waals surface area contributed by atoms with Gasteiger partial charge in [0.1, 0.15) is 5.75 Å². The lowest BCUT2D eigenvalue weighted by Gasteiger charge is -2.15. The standard InChI is InChI=1S/C18H22N2O4S/c1-25(22,23)20-17-6-3-9-19-18(17)12-24-16-8-7-14(11-16)13-4-2-5-15(21)10-13/h2-6,9-10,14,16,20-21H,7-8,11-12H2,1H3/t14-,16+/m0/s1. The first-order chi connectivity index (χ1) is 11.9. The van der Waals surface area contributed by atoms with Crippen molar-refractivity contribution < 1.29 is 18.3 Å². The van der Waals surface area contributed by atoms with Crippen molar-refractivity contribution in [2.24, 2.45) is 0 Å². The minimum atomic E-state index is -3.36. The number of phenols is 1. The first kappa shape index (κ1) is 17.7. The van der Waals surface area contributed by atoms with E-state index < -0.39 is 10.0 Å². The number of hydrogen-bond donors (Lipinski definition) is 2. The number of aromatic hydroxyl groups is 1. The monoisotopic (exact) mass is 362 g/mol. The average molecular weight is 362 g/mol. The highest BCUT2D eigenvalue weighted by Crippen LogP contribution is 2.37. The molecule has 1 aliphatic rings. The van der Waals surface area contributed by atoms with Crippen LogP contribution in [0.15, 0.2) is 42.6 Å². The van der Waals surface area contributed by atoms with Gasteiger partial charge in [0.15, 0.2) is 0 Å². The molecule has 2 atom stereocenters. The van der Waals surface area contributed by atoms with E-state index in [2.05, 4.69) is 9.71 Å². The molecule has 0 unspecified atom stereocenters. The number of pyridine rings is 1. The lowest BCUT2D eigenvalue weighted by Crippen LogP contribution is -2.14. The SMILES string of the molecule is CS(=O)(=O)Nc1cccnc1CO[C@@H]1CC[C@H](c2cccc(O)c2)C1. The number of aromatic nitrogens is 1. The van der Waals surface area contributed by atoms with Gasteiger partial charge in [0.05, 0.1) is 30.3 Å². The molecule has 0 saturated heterocycles. The van der Waals surface area contributed by atoms with Gasteiger partial charge in [-0.1, -0.05) is 12.1 Å². The summed E-state index contributed by atoms with van der Waals surface area (Å²) in [6.45, 7) is 0.260. The Balaban J connectivity index is 1.60. The maximum absolute atomic E-state index is 11.4. The Labute approximate surface area is 147 Å². The predicted molar refractivity (Wildman–Crippen MR) is 96.0 cm³/mol. The number of anilines is 1. The molecule has 0 bridgehead atoms. The highest BCUT2D eigenvalue weighted by atomic mass is 32.2. The number of sulfonamides is 1. The lowest BCUT2D eigenvalue weighted by atomic mass is 9.97. The smallest absolute Gasteiger partial charge is 0.229 e. The molecule has 1 aromatic heterocycles. The van der Waals surface area contributed by atoms with Gasteiger partial charge in [0.25, 0.3) is 0 Å². The van der Waals surface area contributed by atoms with E-state index in [4.69, 9.17) is 4.74 Å². The average Bonchev–Trinajstić information content (AvgIpc) is 3.02. The fourth-order valence-corrected chi connectivity index (χ4v) is 3.80. The number of rotatable bonds is 6. The van der Waals surface area contributed by atoms with Crippen LogP contribution in [-0.2, 0) is 21.4 Å². The van der Waals surface area contributed by atoms with Gasteiger partial charge in [-0.2, -0.15) is 0 Å². The summed E-state index contributed by atoms with van der Waals surface area (Å²) >= 11 is 0. The molecule has 1 heterocycles. The first-order valence-corrected chi connectivity index (χ1v) is 10.1. The molecule has 0 aliphatic heterocycles. The largest absolute Gasteiger partial charge is 0.508 e. The van der Waals surface area contributed by atoms with Crippen molar-refractivity contribution in [2.45, 2.75) is 37.9 Å². The van der Waals surface area contributed by atoms with Crippen molar-refractivity contribution in [2.75, 3.05) is 11.0 Å². The summed E-state index contributed by atoms with van der Waals surface area (Å²) in [7, 11) is -3.36. The molecule has 0 spiro atoms. The highest BCUT2D eigenvalue weighted by Gasteiger charge is 2.27. The Kier molecular flexibility index (Phi) is 5.24. The molecule has 25 heavy (non-hydrogen) atoms. The van der Waals surface area contributed by atoms with Crippen molar-refractivity contribution >= 4 is 15.7 Å². The molecule has 3 rings (SSSR count). The zero-order chi connectivity index (χ0) is 17.9. The zero-order valence-electron chi connectivity index (χ0n) is 14.1. The number of ether oxygens (including phenoxy) is 1. The summed E-state index contributed by atoms with van der Waals surface area (Å²) in [4.78, 5) is 4.23. The molecule has 0 amide bonds. The van der Waals surface area contributed by atoms with E-state index in [1.54, 1.807) is 30.5 Å². The number of benzene rings is 1. The van der Waals surface area contributed by atoms with Gasteiger partial charge in [-0.15, -0.1) is 0 Å². The lowest BCUT2D eigenvalue weighted by molar-refractivity contribution is 0.0431. The van der Waals surface area contributed by atoms with Gasteiger partial charge >= 0.3 is 0 Å². The molecular formula is C18H22N2O4S. The first-order valence-electron chi connectivity index (χ1n) is 8.23. The normalized spacial score (nSPS) is 20.5. The quantitative estimate of drug-likeness (QED) is 0.825. The van der Waals surface area contributed by atoms with Crippen LogP contribution in [0.3, 0.4) is 0 Å². The summed E-state index contributed by atoms with van der Waals surface area (Å²) in [5.74, 6) is 0.654. The summed E-state index contributed by atoms with van der Waals surface area (Å²) in [6, 6.07) is 10.7. The number of hydrogen-bond acceptors (Lipinski definition) is 5. The van der Waals surface area contributed by atoms with Crippen LogP contribution in [0.2, 0.25) is 0 Å². The van der Waals surface area contributed by atoms with Crippen LogP contribution in [0.4, 0.5) is 5.69 Å². The van der Waals surface area contributed by atoms with Gasteiger partial charge in [0, 0.05) is 6.20 Å². The summed E-state index contributed by atoms with van der Waals surface area (Å²) in [5, 5.41) is 9.62. The Morgan fingerprint density at radius 2 is 2.12 bits per heavy atom. The van der Waals surface area contributed by atoms with Crippen molar-refractivity contribution in [3.8, 4) is 5.75 Å². The molecule has 1 aromatic carbocycles. The molecule has 1 aliphatic carbocycles. The van der Waals surface area contributed by atoms with E-state index in [1.165, 1.54) is 0 Å². The van der Waals surface area contributed by atoms with Crippen molar-refractivity contribution in [1.82, 2.24) is 4.98 Å². The number of nitrogens with one attached hydrogen (secondary N) is 1. The maximum Gasteiger partial charge on any atom is 0.229 e. The van der Waals surface area contributed by atoms with E-state index in [9.17, 15) is 13.5 Å². The second-order valence-electron chi connectivity index (χ2n) is 6.41. The summed E-state index contributed by atoms with van der Waals surface area (Å²) < 4.78 is 31.3. The Morgan fingerprint density at radius 3 is 2.88 bits per heavy atom. The minimum absolute atomic E-state index is 0.0976. The van der Waals surface area contributed by atoms with E-state index in [1.807, 2.05) is 12.1 Å². The zero-order valence-corrected chi connectivity index (χ0v) is 14.9. The Morgan fingerprint density at radius 1 is 1.28 bits per heavy atom. The number of phenolic OH excluding ortho intramolecular Hbond substituents is 1. The molecule has 134 valence electrons. The summed E-state index contributed by atoms with van der Waals surface area (Å²) in [6.07, 6.45) is 5.65. The minimum Gasteiger partial charge on any atom is -0.508 e. The van der Waals surface area contributed by atoms with Crippen LogP contribution in [0.5, 0.6) is 5.75 Å². The third-order valence-corrected chi connectivity index (χ3v) is 4.96. The van der Waals surface area contributed by atoms with E-state index in [-0.39, 0.29) is 18.5 Å². The topological polar surface area (TPSA) is 88.5 Å². The summed E-state index contributed by atoms with van der Waals surface area (Å²) in [5.41, 5.74) is 2.16. The van der Waals surface area contributed by atoms with Gasteiger partial charge in [-0.25, -0.2) is 8.42 Å². The molecule has 6 nitrogen and oxygen atoms in total. The van der Waals surface area contributed by atoms with E-state index in [0.717, 1.165) is 31.1 Å². The van der Waals surface area contributed by atoms with Crippen LogP contribution >= 0.6 is 0 Å². The maximum atomic E-state index is 11.4. The van der Waals surface area contributed by atoms with Crippen LogP contribution in [-0.4, -0.2) is 30.9 Å². The molecule has 7 heteroatoms. The molecular weight excluding hydrogens is 340 g/mol. The van der Waals surface area contributed by atoms with E-state index in [0.29, 0.717) is 17.3 Å². The Hall–Kier alpha value is -2.12. The van der Waals surface area contributed by atoms with Gasteiger partial charge in [0.2, 0.25) is 10.0 Å². The van der Waals surface area contributed by atoms with Crippen LogP contribution in [0.25, 0.3) is 0 Å². The van der Waals surface area contributed by atoms with Crippen LogP contribution < -0.4 is 4.72 Å².